The number of carbonyl (C=O) groups is 1. The summed E-state index contributed by atoms with van der Waals surface area (Å²) < 4.78 is 13.0. The van der Waals surface area contributed by atoms with Crippen LogP contribution >= 0.6 is 22.7 Å². The van der Waals surface area contributed by atoms with Crippen LogP contribution in [0.2, 0.25) is 0 Å². The Balaban J connectivity index is 1.70. The van der Waals surface area contributed by atoms with E-state index in [4.69, 9.17) is 0 Å². The first-order chi connectivity index (χ1) is 11.9. The van der Waals surface area contributed by atoms with E-state index in [2.05, 4.69) is 29.1 Å². The highest BCUT2D eigenvalue weighted by molar-refractivity contribution is 7.17. The Morgan fingerprint density at radius 1 is 1.24 bits per heavy atom. The van der Waals surface area contributed by atoms with E-state index >= 15 is 0 Å². The quantitative estimate of drug-likeness (QED) is 0.699. The first-order valence-corrected chi connectivity index (χ1v) is 9.59. The fraction of sp³-hybridized carbons (Fsp3) is 0.278. The van der Waals surface area contributed by atoms with Gasteiger partial charge in [-0.3, -0.25) is 4.79 Å². The van der Waals surface area contributed by atoms with E-state index in [1.807, 2.05) is 5.38 Å². The topological polar surface area (TPSA) is 54.9 Å². The van der Waals surface area contributed by atoms with Gasteiger partial charge in [0, 0.05) is 16.9 Å². The summed E-state index contributed by atoms with van der Waals surface area (Å²) in [5.74, 6) is -0.0713. The van der Waals surface area contributed by atoms with Gasteiger partial charge in [0.2, 0.25) is 0 Å². The summed E-state index contributed by atoms with van der Waals surface area (Å²) in [7, 11) is 0. The molecular formula is C18H18FN3OS2. The van der Waals surface area contributed by atoms with Crippen LogP contribution in [0, 0.1) is 12.7 Å². The van der Waals surface area contributed by atoms with Crippen molar-refractivity contribution in [2.75, 3.05) is 0 Å². The van der Waals surface area contributed by atoms with Gasteiger partial charge < -0.3 is 5.32 Å². The van der Waals surface area contributed by atoms with Crippen molar-refractivity contribution < 1.29 is 9.18 Å². The summed E-state index contributed by atoms with van der Waals surface area (Å²) in [4.78, 5) is 22.0. The Morgan fingerprint density at radius 2 is 1.96 bits per heavy atom. The van der Waals surface area contributed by atoms with Crippen LogP contribution < -0.4 is 5.32 Å². The Kier molecular flexibility index (Phi) is 5.24. The lowest BCUT2D eigenvalue weighted by Crippen LogP contribution is -2.22. The maximum Gasteiger partial charge on any atom is 0.263 e. The second kappa shape index (κ2) is 7.41. The Bertz CT molecular complexity index is 884. The molecule has 0 atom stereocenters. The van der Waals surface area contributed by atoms with Crippen LogP contribution in [-0.2, 0) is 6.54 Å². The third-order valence-corrected chi connectivity index (χ3v) is 5.99. The molecule has 4 nitrogen and oxygen atoms in total. The zero-order valence-corrected chi connectivity index (χ0v) is 15.8. The number of benzene rings is 1. The minimum atomic E-state index is -0.293. The van der Waals surface area contributed by atoms with Gasteiger partial charge >= 0.3 is 0 Å². The number of hydrogen-bond donors (Lipinski definition) is 1. The number of nitrogens with one attached hydrogen (secondary N) is 1. The summed E-state index contributed by atoms with van der Waals surface area (Å²) in [5.41, 5.74) is 2.33. The van der Waals surface area contributed by atoms with Crippen molar-refractivity contribution in [3.63, 3.8) is 0 Å². The van der Waals surface area contributed by atoms with Crippen LogP contribution in [0.4, 0.5) is 4.39 Å². The number of aromatic nitrogens is 2. The molecule has 0 aliphatic heterocycles. The molecule has 7 heteroatoms. The smallest absolute Gasteiger partial charge is 0.263 e. The van der Waals surface area contributed by atoms with Crippen molar-refractivity contribution in [3.05, 3.63) is 56.7 Å². The molecule has 3 rings (SSSR count). The molecule has 0 unspecified atom stereocenters. The Hall–Kier alpha value is -2.12. The van der Waals surface area contributed by atoms with Crippen molar-refractivity contribution in [1.29, 1.82) is 0 Å². The van der Waals surface area contributed by atoms with Crippen LogP contribution in [0.1, 0.15) is 45.8 Å². The molecule has 0 fully saturated rings. The van der Waals surface area contributed by atoms with Gasteiger partial charge in [-0.05, 0) is 31.2 Å². The molecule has 2 aromatic heterocycles. The molecule has 0 saturated heterocycles. The van der Waals surface area contributed by atoms with Gasteiger partial charge in [-0.1, -0.05) is 13.8 Å². The van der Waals surface area contributed by atoms with Crippen LogP contribution in [0.15, 0.2) is 29.6 Å². The maximum absolute atomic E-state index is 13.0. The fourth-order valence-electron chi connectivity index (χ4n) is 2.24. The lowest BCUT2D eigenvalue weighted by atomic mass is 10.2. The molecule has 2 heterocycles. The van der Waals surface area contributed by atoms with E-state index in [1.54, 1.807) is 30.4 Å². The van der Waals surface area contributed by atoms with Gasteiger partial charge in [0.1, 0.15) is 15.7 Å². The van der Waals surface area contributed by atoms with Crippen molar-refractivity contribution >= 4 is 28.6 Å². The average molecular weight is 375 g/mol. The van der Waals surface area contributed by atoms with Crippen LogP contribution in [0.25, 0.3) is 10.6 Å². The number of rotatable bonds is 5. The molecule has 1 N–H and O–H groups in total. The number of halogens is 1. The average Bonchev–Trinajstić information content (AvgIpc) is 3.20. The number of nitrogens with zero attached hydrogens (tertiary/aromatic N) is 2. The summed E-state index contributed by atoms with van der Waals surface area (Å²) in [6.07, 6.45) is 0. The van der Waals surface area contributed by atoms with E-state index < -0.39 is 0 Å². The normalized spacial score (nSPS) is 11.1. The standard InChI is InChI=1S/C18H18FN3OS2/c1-10(2)17-22-14(9-24-17)8-20-16(23)15-11(3)21-18(25-15)12-4-6-13(19)7-5-12/h4-7,9-10H,8H2,1-3H3,(H,20,23). The predicted octanol–water partition coefficient (Wildman–Crippen LogP) is 4.77. The van der Waals surface area contributed by atoms with Crippen LogP contribution in [0.5, 0.6) is 0 Å². The van der Waals surface area contributed by atoms with Gasteiger partial charge in [-0.25, -0.2) is 14.4 Å². The highest BCUT2D eigenvalue weighted by Gasteiger charge is 2.16. The molecule has 0 radical (unpaired) electrons. The molecule has 0 aliphatic carbocycles. The highest BCUT2D eigenvalue weighted by atomic mass is 32.1. The molecule has 0 spiro atoms. The first-order valence-electron chi connectivity index (χ1n) is 7.90. The van der Waals surface area contributed by atoms with Crippen LogP contribution in [0.3, 0.4) is 0 Å². The number of thiazole rings is 2. The minimum Gasteiger partial charge on any atom is -0.346 e. The Labute approximate surface area is 153 Å². The predicted molar refractivity (Wildman–Crippen MR) is 99.6 cm³/mol. The molecular weight excluding hydrogens is 357 g/mol. The molecule has 25 heavy (non-hydrogen) atoms. The van der Waals surface area contributed by atoms with Crippen molar-refractivity contribution in [2.24, 2.45) is 0 Å². The monoisotopic (exact) mass is 375 g/mol. The van der Waals surface area contributed by atoms with Gasteiger partial charge in [-0.2, -0.15) is 0 Å². The lowest BCUT2D eigenvalue weighted by Gasteiger charge is -2.02. The number of hydrogen-bond acceptors (Lipinski definition) is 5. The maximum atomic E-state index is 13.0. The summed E-state index contributed by atoms with van der Waals surface area (Å²) in [6, 6.07) is 6.11. The van der Waals surface area contributed by atoms with E-state index in [9.17, 15) is 9.18 Å². The summed E-state index contributed by atoms with van der Waals surface area (Å²) in [5, 5.41) is 6.64. The van der Waals surface area contributed by atoms with E-state index in [0.29, 0.717) is 28.0 Å². The molecule has 130 valence electrons. The van der Waals surface area contributed by atoms with Gasteiger partial charge in [-0.15, -0.1) is 22.7 Å². The zero-order chi connectivity index (χ0) is 18.0. The lowest BCUT2D eigenvalue weighted by molar-refractivity contribution is 0.0953. The van der Waals surface area contributed by atoms with E-state index in [1.165, 1.54) is 23.5 Å². The fourth-order valence-corrected chi connectivity index (χ4v) is 4.07. The van der Waals surface area contributed by atoms with Crippen molar-refractivity contribution in [1.82, 2.24) is 15.3 Å². The van der Waals surface area contributed by atoms with Gasteiger partial charge in [0.05, 0.1) is 22.9 Å². The third-order valence-electron chi connectivity index (χ3n) is 3.59. The third kappa shape index (κ3) is 4.11. The first kappa shape index (κ1) is 17.7. The van der Waals surface area contributed by atoms with Gasteiger partial charge in [0.25, 0.3) is 5.91 Å². The number of carbonyl (C=O) groups excluding carboxylic acids is 1. The van der Waals surface area contributed by atoms with E-state index in [0.717, 1.165) is 16.3 Å². The SMILES string of the molecule is Cc1nc(-c2ccc(F)cc2)sc1C(=O)NCc1csc(C(C)C)n1. The molecule has 0 aliphatic rings. The second-order valence-electron chi connectivity index (χ2n) is 5.95. The summed E-state index contributed by atoms with van der Waals surface area (Å²) >= 11 is 2.92. The molecule has 3 aromatic rings. The Morgan fingerprint density at radius 3 is 2.60 bits per heavy atom. The minimum absolute atomic E-state index is 0.164. The largest absolute Gasteiger partial charge is 0.346 e. The molecule has 0 bridgehead atoms. The van der Waals surface area contributed by atoms with Crippen molar-refractivity contribution in [2.45, 2.75) is 33.2 Å². The highest BCUT2D eigenvalue weighted by Crippen LogP contribution is 2.28. The number of aryl methyl sites for hydroxylation is 1. The molecule has 0 saturated carbocycles. The molecule has 1 aromatic carbocycles. The summed E-state index contributed by atoms with van der Waals surface area (Å²) in [6.45, 7) is 6.39. The van der Waals surface area contributed by atoms with Crippen molar-refractivity contribution in [3.8, 4) is 10.6 Å². The zero-order valence-electron chi connectivity index (χ0n) is 14.2. The van der Waals surface area contributed by atoms with Gasteiger partial charge in [0.15, 0.2) is 0 Å². The second-order valence-corrected chi connectivity index (χ2v) is 7.84. The molecule has 1 amide bonds. The van der Waals surface area contributed by atoms with Crippen LogP contribution in [-0.4, -0.2) is 15.9 Å². The number of amides is 1. The van der Waals surface area contributed by atoms with E-state index in [-0.39, 0.29) is 11.7 Å².